The molecule has 6 heteroatoms. The summed E-state index contributed by atoms with van der Waals surface area (Å²) >= 11 is 1.22. The fourth-order valence-corrected chi connectivity index (χ4v) is 3.17. The number of nitrogens with one attached hydrogen (secondary N) is 1. The number of nitrogens with zero attached hydrogens (tertiary/aromatic N) is 1. The summed E-state index contributed by atoms with van der Waals surface area (Å²) in [5, 5.41) is 3.40. The van der Waals surface area contributed by atoms with E-state index in [2.05, 4.69) is 10.3 Å². The molecule has 5 nitrogen and oxygen atoms in total. The van der Waals surface area contributed by atoms with Gasteiger partial charge in [-0.25, -0.2) is 4.98 Å². The molecule has 1 heterocycles. The molecule has 2 aromatic rings. The number of hydrogen-bond donors (Lipinski definition) is 1. The van der Waals surface area contributed by atoms with E-state index in [0.29, 0.717) is 22.9 Å². The number of ether oxygens (including phenoxy) is 1. The van der Waals surface area contributed by atoms with Crippen molar-refractivity contribution >= 4 is 29.3 Å². The Morgan fingerprint density at radius 2 is 1.92 bits per heavy atom. The summed E-state index contributed by atoms with van der Waals surface area (Å²) in [7, 11) is 0. The van der Waals surface area contributed by atoms with E-state index >= 15 is 0 Å². The van der Waals surface area contributed by atoms with Crippen LogP contribution in [-0.4, -0.2) is 29.2 Å². The lowest BCUT2D eigenvalue weighted by Crippen LogP contribution is -2.16. The molecule has 0 aliphatic carbocycles. The van der Waals surface area contributed by atoms with Gasteiger partial charge in [0.1, 0.15) is 5.03 Å². The molecule has 0 bridgehead atoms. The van der Waals surface area contributed by atoms with Crippen molar-refractivity contribution in [2.24, 2.45) is 0 Å². The Kier molecular flexibility index (Phi) is 6.37. The number of benzene rings is 1. The molecule has 0 fully saturated rings. The van der Waals surface area contributed by atoms with Gasteiger partial charge in [-0.2, -0.15) is 0 Å². The van der Waals surface area contributed by atoms with Crippen molar-refractivity contribution in [1.82, 2.24) is 4.98 Å². The predicted molar refractivity (Wildman–Crippen MR) is 95.5 cm³/mol. The lowest BCUT2D eigenvalue weighted by Gasteiger charge is -2.13. The van der Waals surface area contributed by atoms with Crippen molar-refractivity contribution in [3.05, 3.63) is 53.2 Å². The van der Waals surface area contributed by atoms with Crippen molar-refractivity contribution in [2.75, 3.05) is 17.7 Å². The van der Waals surface area contributed by atoms with E-state index in [1.54, 1.807) is 6.92 Å². The average Bonchev–Trinajstić information content (AvgIpc) is 2.53. The average molecular weight is 344 g/mol. The minimum absolute atomic E-state index is 0.120. The molecule has 0 radical (unpaired) electrons. The second-order valence-corrected chi connectivity index (χ2v) is 6.14. The minimum Gasteiger partial charge on any atom is -0.465 e. The van der Waals surface area contributed by atoms with E-state index < -0.39 is 0 Å². The van der Waals surface area contributed by atoms with Crippen LogP contribution in [0.15, 0.2) is 41.4 Å². The fourth-order valence-electron chi connectivity index (χ4n) is 2.23. The summed E-state index contributed by atoms with van der Waals surface area (Å²) in [5.41, 5.74) is 2.82. The van der Waals surface area contributed by atoms with Crippen molar-refractivity contribution in [1.29, 1.82) is 0 Å². The first-order valence-corrected chi connectivity index (χ1v) is 8.63. The van der Waals surface area contributed by atoms with Gasteiger partial charge in [-0.1, -0.05) is 30.0 Å². The first-order valence-electron chi connectivity index (χ1n) is 7.64. The molecule has 24 heavy (non-hydrogen) atoms. The van der Waals surface area contributed by atoms with Crippen LogP contribution in [0.25, 0.3) is 0 Å². The maximum absolute atomic E-state index is 12.7. The van der Waals surface area contributed by atoms with Gasteiger partial charge in [0.05, 0.1) is 17.9 Å². The van der Waals surface area contributed by atoms with Gasteiger partial charge in [0.25, 0.3) is 5.91 Å². The number of para-hydroxylation sites is 1. The number of amides is 1. The van der Waals surface area contributed by atoms with Gasteiger partial charge in [-0.15, -0.1) is 0 Å². The van der Waals surface area contributed by atoms with Crippen LogP contribution >= 0.6 is 11.8 Å². The van der Waals surface area contributed by atoms with E-state index in [1.165, 1.54) is 11.8 Å². The Labute approximate surface area is 145 Å². The molecular weight excluding hydrogens is 324 g/mol. The van der Waals surface area contributed by atoms with Crippen LogP contribution in [0.2, 0.25) is 0 Å². The number of anilines is 1. The summed E-state index contributed by atoms with van der Waals surface area (Å²) in [6.07, 6.45) is 0. The maximum Gasteiger partial charge on any atom is 0.316 e. The molecule has 0 aliphatic rings. The Morgan fingerprint density at radius 1 is 1.21 bits per heavy atom. The number of carbonyl (C=O) groups excluding carboxylic acids is 2. The third kappa shape index (κ3) is 4.83. The molecule has 1 N–H and O–H groups in total. The second-order valence-electron chi connectivity index (χ2n) is 5.17. The molecule has 0 saturated carbocycles. The fraction of sp³-hybridized carbons (Fsp3) is 0.278. The van der Waals surface area contributed by atoms with Crippen molar-refractivity contribution in [3.8, 4) is 0 Å². The summed E-state index contributed by atoms with van der Waals surface area (Å²) in [4.78, 5) is 28.7. The molecule has 2 rings (SSSR count). The molecule has 0 unspecified atom stereocenters. The molecule has 126 valence electrons. The maximum atomic E-state index is 12.7. The van der Waals surface area contributed by atoms with E-state index in [0.717, 1.165) is 11.3 Å². The van der Waals surface area contributed by atoms with Gasteiger partial charge in [0.2, 0.25) is 0 Å². The van der Waals surface area contributed by atoms with Gasteiger partial charge >= 0.3 is 5.97 Å². The number of pyridine rings is 1. The zero-order valence-corrected chi connectivity index (χ0v) is 14.8. The SMILES string of the molecule is CCOC(=O)CSc1nc(C)cc(C)c1C(=O)Nc1ccccc1. The van der Waals surface area contributed by atoms with Gasteiger partial charge in [-0.05, 0) is 44.5 Å². The van der Waals surface area contributed by atoms with E-state index in [4.69, 9.17) is 4.74 Å². The number of rotatable bonds is 6. The van der Waals surface area contributed by atoms with Gasteiger partial charge in [0, 0.05) is 11.4 Å². The Bertz CT molecular complexity index is 733. The second kappa shape index (κ2) is 8.49. The standard InChI is InChI=1S/C18H20N2O3S/c1-4-23-15(21)11-24-18-16(12(2)10-13(3)19-18)17(22)20-14-8-6-5-7-9-14/h5-10H,4,11H2,1-3H3,(H,20,22). The highest BCUT2D eigenvalue weighted by Gasteiger charge is 2.18. The topological polar surface area (TPSA) is 68.3 Å². The Balaban J connectivity index is 2.24. The highest BCUT2D eigenvalue weighted by atomic mass is 32.2. The molecule has 0 saturated heterocycles. The summed E-state index contributed by atoms with van der Waals surface area (Å²) in [6, 6.07) is 11.1. The third-order valence-electron chi connectivity index (χ3n) is 3.20. The smallest absolute Gasteiger partial charge is 0.316 e. The van der Waals surface area contributed by atoms with Crippen LogP contribution in [0.3, 0.4) is 0 Å². The van der Waals surface area contributed by atoms with Crippen LogP contribution in [-0.2, 0) is 9.53 Å². The van der Waals surface area contributed by atoms with Crippen LogP contribution in [0.5, 0.6) is 0 Å². The number of thioether (sulfide) groups is 1. The number of carbonyl (C=O) groups is 2. The van der Waals surface area contributed by atoms with Crippen molar-refractivity contribution in [2.45, 2.75) is 25.8 Å². The quantitative estimate of drug-likeness (QED) is 0.640. The molecule has 0 atom stereocenters. The largest absolute Gasteiger partial charge is 0.465 e. The Hall–Kier alpha value is -2.34. The molecular formula is C18H20N2O3S. The first kappa shape index (κ1) is 18.0. The molecule has 1 amide bonds. The summed E-state index contributed by atoms with van der Waals surface area (Å²) < 4.78 is 4.93. The monoisotopic (exact) mass is 344 g/mol. The highest BCUT2D eigenvalue weighted by molar-refractivity contribution is 8.00. The van der Waals surface area contributed by atoms with Gasteiger partial charge in [-0.3, -0.25) is 9.59 Å². The minimum atomic E-state index is -0.321. The third-order valence-corrected chi connectivity index (χ3v) is 4.15. The molecule has 0 spiro atoms. The highest BCUT2D eigenvalue weighted by Crippen LogP contribution is 2.25. The Morgan fingerprint density at radius 3 is 2.58 bits per heavy atom. The predicted octanol–water partition coefficient (Wildman–Crippen LogP) is 3.61. The van der Waals surface area contributed by atoms with Crippen molar-refractivity contribution in [3.63, 3.8) is 0 Å². The number of aromatic nitrogens is 1. The first-order chi connectivity index (χ1) is 11.5. The van der Waals surface area contributed by atoms with Crippen LogP contribution in [0, 0.1) is 13.8 Å². The number of esters is 1. The zero-order chi connectivity index (χ0) is 17.5. The molecule has 1 aromatic carbocycles. The van der Waals surface area contributed by atoms with Gasteiger partial charge < -0.3 is 10.1 Å². The number of hydrogen-bond acceptors (Lipinski definition) is 5. The number of aryl methyl sites for hydroxylation is 2. The lowest BCUT2D eigenvalue weighted by atomic mass is 10.1. The summed E-state index contributed by atoms with van der Waals surface area (Å²) in [6.45, 7) is 5.82. The normalized spacial score (nSPS) is 10.3. The molecule has 0 aliphatic heterocycles. The van der Waals surface area contributed by atoms with Crippen LogP contribution < -0.4 is 5.32 Å². The van der Waals surface area contributed by atoms with Crippen molar-refractivity contribution < 1.29 is 14.3 Å². The molecule has 1 aromatic heterocycles. The van der Waals surface area contributed by atoms with Gasteiger partial charge in [0.15, 0.2) is 0 Å². The van der Waals surface area contributed by atoms with E-state index in [1.807, 2.05) is 50.2 Å². The zero-order valence-electron chi connectivity index (χ0n) is 14.0. The van der Waals surface area contributed by atoms with Crippen LogP contribution in [0.4, 0.5) is 5.69 Å². The lowest BCUT2D eigenvalue weighted by molar-refractivity contribution is -0.139. The van der Waals surface area contributed by atoms with E-state index in [9.17, 15) is 9.59 Å². The van der Waals surface area contributed by atoms with Crippen LogP contribution in [0.1, 0.15) is 28.5 Å². The van der Waals surface area contributed by atoms with E-state index in [-0.39, 0.29) is 17.6 Å². The summed E-state index contributed by atoms with van der Waals surface area (Å²) in [5.74, 6) is -0.439.